The highest BCUT2D eigenvalue weighted by Crippen LogP contribution is 2.37. The molecule has 1 aromatic carbocycles. The average molecular weight is 438 g/mol. The number of nitro benzene ring substituents is 1. The fourth-order valence-electron chi connectivity index (χ4n) is 3.56. The normalized spacial score (nSPS) is 16.0. The maximum Gasteiger partial charge on any atom is 0.387 e. The summed E-state index contributed by atoms with van der Waals surface area (Å²) in [6.45, 7) is -0.603. The predicted octanol–water partition coefficient (Wildman–Crippen LogP) is 4.82. The van der Waals surface area contributed by atoms with E-state index in [1.165, 1.54) is 30.2 Å². The van der Waals surface area contributed by atoms with Gasteiger partial charge in [-0.25, -0.2) is 0 Å². The Kier molecular flexibility index (Phi) is 6.66. The number of ether oxygens (including phenoxy) is 2. The van der Waals surface area contributed by atoms with Crippen LogP contribution in [0.5, 0.6) is 11.5 Å². The van der Waals surface area contributed by atoms with Crippen molar-refractivity contribution in [3.63, 3.8) is 0 Å². The smallest absolute Gasteiger partial charge is 0.387 e. The summed E-state index contributed by atoms with van der Waals surface area (Å²) in [6.07, 6.45) is 4.06. The van der Waals surface area contributed by atoms with E-state index in [1.807, 2.05) is 18.4 Å². The Balaban J connectivity index is 1.89. The molecule has 2 heterocycles. The van der Waals surface area contributed by atoms with Crippen molar-refractivity contribution in [3.8, 4) is 11.5 Å². The number of amides is 1. The molecule has 0 aliphatic carbocycles. The Hall–Kier alpha value is -3.01. The molecular formula is C20H20F2N2O5S. The van der Waals surface area contributed by atoms with Crippen LogP contribution in [0.3, 0.4) is 0 Å². The van der Waals surface area contributed by atoms with Gasteiger partial charge in [-0.05, 0) is 42.0 Å². The van der Waals surface area contributed by atoms with E-state index in [0.29, 0.717) is 6.54 Å². The monoisotopic (exact) mass is 438 g/mol. The van der Waals surface area contributed by atoms with Gasteiger partial charge in [-0.3, -0.25) is 14.9 Å². The predicted molar refractivity (Wildman–Crippen MR) is 108 cm³/mol. The molecule has 0 spiro atoms. The number of hydrogen-bond donors (Lipinski definition) is 0. The van der Waals surface area contributed by atoms with Gasteiger partial charge in [-0.2, -0.15) is 8.78 Å². The zero-order valence-electron chi connectivity index (χ0n) is 16.3. The maximum atomic E-state index is 12.8. The van der Waals surface area contributed by atoms with Crippen LogP contribution in [0.1, 0.15) is 35.4 Å². The number of benzene rings is 1. The molecule has 1 aliphatic heterocycles. The van der Waals surface area contributed by atoms with Crippen LogP contribution in [0.25, 0.3) is 6.08 Å². The molecule has 1 unspecified atom stereocenters. The van der Waals surface area contributed by atoms with Crippen molar-refractivity contribution in [2.45, 2.75) is 32.4 Å². The Labute approximate surface area is 175 Å². The molecule has 0 fully saturated rings. The number of carbonyl (C=O) groups excluding carboxylic acids is 1. The number of halogens is 2. The van der Waals surface area contributed by atoms with E-state index in [2.05, 4.69) is 4.74 Å². The molecule has 0 radical (unpaired) electrons. The summed E-state index contributed by atoms with van der Waals surface area (Å²) in [5.41, 5.74) is 0.714. The second-order valence-electron chi connectivity index (χ2n) is 6.54. The molecule has 1 aromatic heterocycles. The van der Waals surface area contributed by atoms with Crippen molar-refractivity contribution in [2.24, 2.45) is 0 Å². The van der Waals surface area contributed by atoms with Crippen LogP contribution in [-0.4, -0.2) is 36.0 Å². The van der Waals surface area contributed by atoms with E-state index >= 15 is 0 Å². The van der Waals surface area contributed by atoms with E-state index in [-0.39, 0.29) is 23.3 Å². The number of fused-ring (bicyclic) bond motifs is 1. The Bertz CT molecular complexity index is 976. The second kappa shape index (κ2) is 9.21. The third kappa shape index (κ3) is 4.43. The third-order valence-corrected chi connectivity index (χ3v) is 5.89. The average Bonchev–Trinajstić information content (AvgIpc) is 3.19. The zero-order chi connectivity index (χ0) is 21.8. The summed E-state index contributed by atoms with van der Waals surface area (Å²) in [5, 5.41) is 13.4. The number of methoxy groups -OCH3 is 1. The minimum atomic E-state index is -3.16. The summed E-state index contributed by atoms with van der Waals surface area (Å²) in [6, 6.07) is 4.03. The van der Waals surface area contributed by atoms with Gasteiger partial charge in [0.25, 0.3) is 5.69 Å². The Morgan fingerprint density at radius 1 is 1.43 bits per heavy atom. The second-order valence-corrected chi connectivity index (χ2v) is 7.54. The third-order valence-electron chi connectivity index (χ3n) is 4.90. The topological polar surface area (TPSA) is 81.9 Å². The highest BCUT2D eigenvalue weighted by Gasteiger charge is 2.29. The van der Waals surface area contributed by atoms with Gasteiger partial charge in [-0.1, -0.05) is 6.92 Å². The number of nitro groups is 1. The molecule has 1 atom stereocenters. The summed E-state index contributed by atoms with van der Waals surface area (Å²) >= 11 is 1.67. The zero-order valence-corrected chi connectivity index (χ0v) is 17.2. The van der Waals surface area contributed by atoms with Gasteiger partial charge < -0.3 is 14.4 Å². The quantitative estimate of drug-likeness (QED) is 0.352. The number of hydrogen-bond acceptors (Lipinski definition) is 6. The fraction of sp³-hybridized carbons (Fsp3) is 0.350. The first-order valence-corrected chi connectivity index (χ1v) is 10.1. The molecule has 160 valence electrons. The number of rotatable bonds is 7. The van der Waals surface area contributed by atoms with Gasteiger partial charge in [0.1, 0.15) is 0 Å². The molecule has 7 nitrogen and oxygen atoms in total. The largest absolute Gasteiger partial charge is 0.493 e. The van der Waals surface area contributed by atoms with Gasteiger partial charge in [0, 0.05) is 17.5 Å². The van der Waals surface area contributed by atoms with Crippen molar-refractivity contribution in [2.75, 3.05) is 13.7 Å². The summed E-state index contributed by atoms with van der Waals surface area (Å²) in [5.74, 6) is -0.824. The molecule has 0 N–H and O–H groups in total. The van der Waals surface area contributed by atoms with E-state index < -0.39 is 23.0 Å². The van der Waals surface area contributed by atoms with E-state index in [9.17, 15) is 23.7 Å². The lowest BCUT2D eigenvalue weighted by Gasteiger charge is -2.34. The highest BCUT2D eigenvalue weighted by atomic mass is 32.1. The van der Waals surface area contributed by atoms with Crippen LogP contribution in [0.2, 0.25) is 0 Å². The molecule has 1 amide bonds. The van der Waals surface area contributed by atoms with Gasteiger partial charge in [-0.15, -0.1) is 11.3 Å². The lowest BCUT2D eigenvalue weighted by Crippen LogP contribution is -2.38. The van der Waals surface area contributed by atoms with Crippen molar-refractivity contribution >= 4 is 29.0 Å². The lowest BCUT2D eigenvalue weighted by molar-refractivity contribution is -0.385. The molecule has 0 saturated heterocycles. The van der Waals surface area contributed by atoms with Crippen molar-refractivity contribution in [1.29, 1.82) is 0 Å². The minimum absolute atomic E-state index is 0.0492. The summed E-state index contributed by atoms with van der Waals surface area (Å²) < 4.78 is 34.4. The lowest BCUT2D eigenvalue weighted by atomic mass is 9.97. The fourth-order valence-corrected chi connectivity index (χ4v) is 4.49. The number of thiophene rings is 1. The van der Waals surface area contributed by atoms with Crippen molar-refractivity contribution < 1.29 is 28.0 Å². The van der Waals surface area contributed by atoms with Gasteiger partial charge in [0.05, 0.1) is 29.7 Å². The number of nitrogens with zero attached hydrogens (tertiary/aromatic N) is 2. The first-order chi connectivity index (χ1) is 14.3. The van der Waals surface area contributed by atoms with E-state index in [4.69, 9.17) is 4.74 Å². The Morgan fingerprint density at radius 2 is 2.20 bits per heavy atom. The molecular weight excluding hydrogens is 418 g/mol. The number of carbonyl (C=O) groups is 1. The summed E-state index contributed by atoms with van der Waals surface area (Å²) in [7, 11) is 1.23. The standard InChI is InChI=1S/C20H20F2N2O5S/c1-3-14-13-7-9-30-18(13)6-8-23(14)19(25)5-4-12-10-16(28-2)17(29-20(21)22)11-15(12)24(26)27/h4-5,7,9-11,14,20H,3,6,8H2,1-2H3. The maximum absolute atomic E-state index is 12.8. The molecule has 10 heteroatoms. The highest BCUT2D eigenvalue weighted by molar-refractivity contribution is 7.10. The molecule has 0 bridgehead atoms. The van der Waals surface area contributed by atoms with Crippen LogP contribution in [-0.2, 0) is 11.2 Å². The van der Waals surface area contributed by atoms with E-state index in [0.717, 1.165) is 24.5 Å². The molecule has 30 heavy (non-hydrogen) atoms. The van der Waals surface area contributed by atoms with Crippen LogP contribution >= 0.6 is 11.3 Å². The van der Waals surface area contributed by atoms with Crippen LogP contribution < -0.4 is 9.47 Å². The van der Waals surface area contributed by atoms with Gasteiger partial charge >= 0.3 is 6.61 Å². The summed E-state index contributed by atoms with van der Waals surface area (Å²) in [4.78, 5) is 26.5. The van der Waals surface area contributed by atoms with Crippen molar-refractivity contribution in [1.82, 2.24) is 4.90 Å². The minimum Gasteiger partial charge on any atom is -0.493 e. The SMILES string of the molecule is CCC1c2ccsc2CCN1C(=O)C=Cc1cc(OC)c(OC(F)F)cc1[N+](=O)[O-]. The first-order valence-electron chi connectivity index (χ1n) is 9.21. The Morgan fingerprint density at radius 3 is 2.83 bits per heavy atom. The molecule has 3 rings (SSSR count). The number of alkyl halides is 2. The van der Waals surface area contributed by atoms with Crippen LogP contribution in [0.15, 0.2) is 29.7 Å². The molecule has 1 aliphatic rings. The van der Waals surface area contributed by atoms with Gasteiger partial charge in [0.2, 0.25) is 5.91 Å². The van der Waals surface area contributed by atoms with Crippen LogP contribution in [0, 0.1) is 10.1 Å². The van der Waals surface area contributed by atoms with Crippen LogP contribution in [0.4, 0.5) is 14.5 Å². The van der Waals surface area contributed by atoms with Crippen molar-refractivity contribution in [3.05, 3.63) is 55.8 Å². The van der Waals surface area contributed by atoms with E-state index in [1.54, 1.807) is 16.2 Å². The molecule has 2 aromatic rings. The first kappa shape index (κ1) is 21.7. The van der Waals surface area contributed by atoms with Gasteiger partial charge in [0.15, 0.2) is 11.5 Å². The molecule has 0 saturated carbocycles.